The highest BCUT2D eigenvalue weighted by Crippen LogP contribution is 2.23. The van der Waals surface area contributed by atoms with Crippen molar-refractivity contribution >= 4 is 23.6 Å². The highest BCUT2D eigenvalue weighted by atomic mass is 32.1. The number of nitrogens with one attached hydrogen (secondary N) is 1. The number of thiazole rings is 1. The Morgan fingerprint density at radius 2 is 2.38 bits per heavy atom. The second kappa shape index (κ2) is 3.40. The van der Waals surface area contributed by atoms with Gasteiger partial charge in [0, 0.05) is 22.8 Å². The van der Waals surface area contributed by atoms with Gasteiger partial charge in [0.05, 0.1) is 0 Å². The zero-order valence-electron chi connectivity index (χ0n) is 7.07. The number of H-pyrrole nitrogens is 1. The summed E-state index contributed by atoms with van der Waals surface area (Å²) in [5.41, 5.74) is 2.05. The lowest BCUT2D eigenvalue weighted by molar-refractivity contribution is 1.24. The molecule has 0 unspecified atom stereocenters. The third-order valence-electron chi connectivity index (χ3n) is 1.67. The van der Waals surface area contributed by atoms with Crippen molar-refractivity contribution in [3.8, 4) is 10.6 Å². The molecule has 4 heteroatoms. The van der Waals surface area contributed by atoms with E-state index in [1.165, 1.54) is 0 Å². The standard InChI is InChI=1S/C9H8N2S2/c1-6-5-13-9(11-6)7-3-2-4-10-8(7)12/h2-5H,1H3,(H,10,12). The maximum Gasteiger partial charge on any atom is 0.126 e. The van der Waals surface area contributed by atoms with Crippen LogP contribution in [-0.2, 0) is 0 Å². The van der Waals surface area contributed by atoms with Crippen molar-refractivity contribution in [3.63, 3.8) is 0 Å². The van der Waals surface area contributed by atoms with Gasteiger partial charge in [0.2, 0.25) is 0 Å². The molecule has 1 N–H and O–H groups in total. The molecule has 2 nitrogen and oxygen atoms in total. The highest BCUT2D eigenvalue weighted by Gasteiger charge is 2.02. The van der Waals surface area contributed by atoms with E-state index >= 15 is 0 Å². The molecular weight excluding hydrogens is 200 g/mol. The first-order chi connectivity index (χ1) is 6.27. The smallest absolute Gasteiger partial charge is 0.126 e. The van der Waals surface area contributed by atoms with E-state index in [1.54, 1.807) is 11.3 Å². The first kappa shape index (κ1) is 8.59. The molecule has 0 aliphatic rings. The number of hydrogen-bond donors (Lipinski definition) is 1. The summed E-state index contributed by atoms with van der Waals surface area (Å²) in [6, 6.07) is 3.92. The molecule has 0 aliphatic heterocycles. The molecule has 0 saturated heterocycles. The SMILES string of the molecule is Cc1csc(-c2ccc[nH]c2=S)n1. The molecule has 0 bridgehead atoms. The lowest BCUT2D eigenvalue weighted by atomic mass is 10.3. The predicted molar refractivity (Wildman–Crippen MR) is 57.5 cm³/mol. The van der Waals surface area contributed by atoms with Crippen LogP contribution < -0.4 is 0 Å². The molecule has 0 aliphatic carbocycles. The fourth-order valence-corrected chi connectivity index (χ4v) is 2.19. The van der Waals surface area contributed by atoms with Crippen LogP contribution in [0.5, 0.6) is 0 Å². The first-order valence-corrected chi connectivity index (χ1v) is 5.16. The summed E-state index contributed by atoms with van der Waals surface area (Å²) in [6.07, 6.45) is 1.83. The number of pyridine rings is 1. The van der Waals surface area contributed by atoms with Crippen molar-refractivity contribution < 1.29 is 0 Å². The molecule has 0 saturated carbocycles. The van der Waals surface area contributed by atoms with Gasteiger partial charge in [-0.2, -0.15) is 0 Å². The third kappa shape index (κ3) is 1.68. The van der Waals surface area contributed by atoms with E-state index in [4.69, 9.17) is 12.2 Å². The lowest BCUT2D eigenvalue weighted by Crippen LogP contribution is -1.80. The van der Waals surface area contributed by atoms with E-state index < -0.39 is 0 Å². The molecule has 0 spiro atoms. The number of nitrogens with zero attached hydrogens (tertiary/aromatic N) is 1. The van der Waals surface area contributed by atoms with Crippen molar-refractivity contribution in [2.45, 2.75) is 6.92 Å². The van der Waals surface area contributed by atoms with Crippen LogP contribution >= 0.6 is 23.6 Å². The van der Waals surface area contributed by atoms with E-state index in [2.05, 4.69) is 9.97 Å². The van der Waals surface area contributed by atoms with Gasteiger partial charge >= 0.3 is 0 Å². The summed E-state index contributed by atoms with van der Waals surface area (Å²) in [5, 5.41) is 3.01. The normalized spacial score (nSPS) is 10.2. The Kier molecular flexibility index (Phi) is 2.24. The summed E-state index contributed by atoms with van der Waals surface area (Å²) in [5.74, 6) is 0. The second-order valence-corrected chi connectivity index (χ2v) is 3.97. The van der Waals surface area contributed by atoms with Gasteiger partial charge in [-0.05, 0) is 19.1 Å². The number of hydrogen-bond acceptors (Lipinski definition) is 3. The highest BCUT2D eigenvalue weighted by molar-refractivity contribution is 7.71. The Labute approximate surface area is 85.3 Å². The minimum Gasteiger partial charge on any atom is -0.352 e. The van der Waals surface area contributed by atoms with Gasteiger partial charge in [0.1, 0.15) is 9.65 Å². The molecule has 13 heavy (non-hydrogen) atoms. The fraction of sp³-hybridized carbons (Fsp3) is 0.111. The van der Waals surface area contributed by atoms with Gasteiger partial charge in [-0.3, -0.25) is 0 Å². The predicted octanol–water partition coefficient (Wildman–Crippen LogP) is 3.18. The van der Waals surface area contributed by atoms with E-state index in [-0.39, 0.29) is 0 Å². The van der Waals surface area contributed by atoms with Crippen LogP contribution in [-0.4, -0.2) is 9.97 Å². The van der Waals surface area contributed by atoms with Crippen LogP contribution in [0.2, 0.25) is 0 Å². The van der Waals surface area contributed by atoms with E-state index in [0.717, 1.165) is 20.9 Å². The maximum atomic E-state index is 5.15. The minimum atomic E-state index is 0.747. The van der Waals surface area contributed by atoms with Crippen molar-refractivity contribution in [1.82, 2.24) is 9.97 Å². The van der Waals surface area contributed by atoms with Crippen molar-refractivity contribution in [1.29, 1.82) is 0 Å². The van der Waals surface area contributed by atoms with Gasteiger partial charge < -0.3 is 4.98 Å². The molecule has 0 radical (unpaired) electrons. The number of rotatable bonds is 1. The van der Waals surface area contributed by atoms with Gasteiger partial charge in [0.15, 0.2) is 0 Å². The topological polar surface area (TPSA) is 28.7 Å². The zero-order valence-corrected chi connectivity index (χ0v) is 8.71. The van der Waals surface area contributed by atoms with Crippen LogP contribution in [0.1, 0.15) is 5.69 Å². The van der Waals surface area contributed by atoms with Gasteiger partial charge in [-0.15, -0.1) is 11.3 Å². The van der Waals surface area contributed by atoms with Crippen molar-refractivity contribution in [3.05, 3.63) is 34.0 Å². The van der Waals surface area contributed by atoms with Gasteiger partial charge in [-0.25, -0.2) is 4.98 Å². The molecule has 2 rings (SSSR count). The second-order valence-electron chi connectivity index (χ2n) is 2.71. The fourth-order valence-electron chi connectivity index (χ4n) is 1.07. The molecule has 2 heterocycles. The molecule has 0 aromatic carbocycles. The van der Waals surface area contributed by atoms with Crippen LogP contribution in [0.25, 0.3) is 10.6 Å². The van der Waals surface area contributed by atoms with Crippen LogP contribution in [0.15, 0.2) is 23.7 Å². The Balaban J connectivity index is 2.59. The molecular formula is C9H8N2S2. The molecule has 2 aromatic rings. The minimum absolute atomic E-state index is 0.747. The van der Waals surface area contributed by atoms with Crippen LogP contribution in [0, 0.1) is 11.6 Å². The van der Waals surface area contributed by atoms with E-state index in [9.17, 15) is 0 Å². The lowest BCUT2D eigenvalue weighted by Gasteiger charge is -1.94. The Morgan fingerprint density at radius 3 is 3.00 bits per heavy atom. The largest absolute Gasteiger partial charge is 0.352 e. The van der Waals surface area contributed by atoms with Crippen molar-refractivity contribution in [2.75, 3.05) is 0 Å². The number of aromatic nitrogens is 2. The first-order valence-electron chi connectivity index (χ1n) is 3.87. The summed E-state index contributed by atoms with van der Waals surface area (Å²) in [4.78, 5) is 7.36. The quantitative estimate of drug-likeness (QED) is 0.729. The summed E-state index contributed by atoms with van der Waals surface area (Å²) < 4.78 is 0.747. The van der Waals surface area contributed by atoms with Gasteiger partial charge in [-0.1, -0.05) is 12.2 Å². The molecule has 2 aromatic heterocycles. The average Bonchev–Trinajstić information content (AvgIpc) is 2.53. The Bertz CT molecular complexity index is 470. The molecule has 0 amide bonds. The molecule has 66 valence electrons. The van der Waals surface area contributed by atoms with Crippen LogP contribution in [0.3, 0.4) is 0 Å². The summed E-state index contributed by atoms with van der Waals surface area (Å²) in [6.45, 7) is 1.98. The van der Waals surface area contributed by atoms with Crippen LogP contribution in [0.4, 0.5) is 0 Å². The summed E-state index contributed by atoms with van der Waals surface area (Å²) >= 11 is 6.77. The molecule has 0 atom stereocenters. The zero-order chi connectivity index (χ0) is 9.26. The number of aromatic amines is 1. The third-order valence-corrected chi connectivity index (χ3v) is 3.00. The Morgan fingerprint density at radius 1 is 1.54 bits per heavy atom. The summed E-state index contributed by atoms with van der Waals surface area (Å²) in [7, 11) is 0. The van der Waals surface area contributed by atoms with E-state index in [0.29, 0.717) is 0 Å². The maximum absolute atomic E-state index is 5.15. The van der Waals surface area contributed by atoms with Gasteiger partial charge in [0.25, 0.3) is 0 Å². The molecule has 0 fully saturated rings. The number of aryl methyl sites for hydroxylation is 1. The van der Waals surface area contributed by atoms with E-state index in [1.807, 2.05) is 30.6 Å². The monoisotopic (exact) mass is 208 g/mol. The average molecular weight is 208 g/mol. The Hall–Kier alpha value is -1.00. The van der Waals surface area contributed by atoms with Crippen molar-refractivity contribution in [2.24, 2.45) is 0 Å².